The van der Waals surface area contributed by atoms with Crippen LogP contribution in [0.25, 0.3) is 0 Å². The van der Waals surface area contributed by atoms with Gasteiger partial charge in [0.25, 0.3) is 5.91 Å². The molecule has 3 aromatic rings. The second-order valence-electron chi connectivity index (χ2n) is 8.69. The first-order valence-corrected chi connectivity index (χ1v) is 11.5. The molecule has 0 spiro atoms. The fraction of sp³-hybridized carbons (Fsp3) is 0.400. The number of para-hydroxylation sites is 1. The molecule has 8 heteroatoms. The van der Waals surface area contributed by atoms with Crippen molar-refractivity contribution in [2.45, 2.75) is 44.6 Å². The van der Waals surface area contributed by atoms with Crippen LogP contribution < -0.4 is 21.1 Å². The van der Waals surface area contributed by atoms with E-state index in [-0.39, 0.29) is 23.7 Å². The SMILES string of the molecule is CCC(C)c1ccccc1OC[C@@H]1C[C@H](c2nn(C)cc2NC(=O)c2cccnc2N)CN1. The van der Waals surface area contributed by atoms with Crippen LogP contribution in [0.1, 0.15) is 60.1 Å². The van der Waals surface area contributed by atoms with Crippen LogP contribution in [0.15, 0.2) is 48.8 Å². The monoisotopic (exact) mass is 448 g/mol. The zero-order valence-corrected chi connectivity index (χ0v) is 19.4. The highest BCUT2D eigenvalue weighted by atomic mass is 16.5. The lowest BCUT2D eigenvalue weighted by molar-refractivity contribution is 0.102. The number of aryl methyl sites for hydroxylation is 1. The zero-order chi connectivity index (χ0) is 23.4. The van der Waals surface area contributed by atoms with Crippen LogP contribution in [0.5, 0.6) is 5.75 Å². The lowest BCUT2D eigenvalue weighted by atomic mass is 9.98. The van der Waals surface area contributed by atoms with Gasteiger partial charge in [-0.15, -0.1) is 0 Å². The van der Waals surface area contributed by atoms with Crippen LogP contribution in [0, 0.1) is 0 Å². The number of ether oxygens (including phenoxy) is 1. The number of nitrogens with zero attached hydrogens (tertiary/aromatic N) is 3. The van der Waals surface area contributed by atoms with E-state index in [9.17, 15) is 4.79 Å². The molecule has 0 aliphatic carbocycles. The molecule has 3 atom stereocenters. The van der Waals surface area contributed by atoms with Gasteiger partial charge in [0.05, 0.1) is 16.9 Å². The van der Waals surface area contributed by atoms with Gasteiger partial charge >= 0.3 is 0 Å². The average Bonchev–Trinajstić information content (AvgIpc) is 3.43. The third-order valence-corrected chi connectivity index (χ3v) is 6.30. The summed E-state index contributed by atoms with van der Waals surface area (Å²) in [5.74, 6) is 1.50. The molecule has 1 unspecified atom stereocenters. The van der Waals surface area contributed by atoms with Crippen molar-refractivity contribution >= 4 is 17.4 Å². The van der Waals surface area contributed by atoms with Gasteiger partial charge in [-0.3, -0.25) is 9.48 Å². The highest BCUT2D eigenvalue weighted by molar-refractivity contribution is 6.07. The third kappa shape index (κ3) is 5.17. The Morgan fingerprint density at radius 2 is 2.15 bits per heavy atom. The minimum atomic E-state index is -0.289. The van der Waals surface area contributed by atoms with Crippen LogP contribution in [-0.2, 0) is 7.05 Å². The topological polar surface area (TPSA) is 107 Å². The molecule has 8 nitrogen and oxygen atoms in total. The smallest absolute Gasteiger partial charge is 0.259 e. The largest absolute Gasteiger partial charge is 0.492 e. The van der Waals surface area contributed by atoms with Gasteiger partial charge in [0.1, 0.15) is 18.2 Å². The summed E-state index contributed by atoms with van der Waals surface area (Å²) >= 11 is 0. The maximum atomic E-state index is 12.7. The van der Waals surface area contributed by atoms with Crippen molar-refractivity contribution in [1.29, 1.82) is 0 Å². The second-order valence-corrected chi connectivity index (χ2v) is 8.69. The Labute approximate surface area is 194 Å². The second kappa shape index (κ2) is 10.0. The molecule has 1 fully saturated rings. The Hall–Kier alpha value is -3.39. The molecule has 0 saturated carbocycles. The molecule has 1 aromatic carbocycles. The first kappa shape index (κ1) is 22.8. The van der Waals surface area contributed by atoms with E-state index >= 15 is 0 Å². The van der Waals surface area contributed by atoms with E-state index in [1.54, 1.807) is 23.0 Å². The molecular weight excluding hydrogens is 416 g/mol. The van der Waals surface area contributed by atoms with Crippen molar-refractivity contribution in [3.63, 3.8) is 0 Å². The number of rotatable bonds is 8. The Balaban J connectivity index is 1.41. The number of amides is 1. The predicted octanol–water partition coefficient (Wildman–Crippen LogP) is 3.69. The van der Waals surface area contributed by atoms with Crippen molar-refractivity contribution in [3.8, 4) is 5.75 Å². The number of nitrogens with one attached hydrogen (secondary N) is 2. The van der Waals surface area contributed by atoms with E-state index in [2.05, 4.69) is 46.7 Å². The predicted molar refractivity (Wildman–Crippen MR) is 130 cm³/mol. The fourth-order valence-corrected chi connectivity index (χ4v) is 4.29. The van der Waals surface area contributed by atoms with Gasteiger partial charge in [0.2, 0.25) is 0 Å². The molecule has 1 amide bonds. The number of carbonyl (C=O) groups is 1. The average molecular weight is 449 g/mol. The zero-order valence-electron chi connectivity index (χ0n) is 19.4. The number of hydrogen-bond acceptors (Lipinski definition) is 6. The molecule has 3 heterocycles. The molecule has 4 rings (SSSR count). The third-order valence-electron chi connectivity index (χ3n) is 6.30. The highest BCUT2D eigenvalue weighted by Crippen LogP contribution is 2.32. The lowest BCUT2D eigenvalue weighted by Crippen LogP contribution is -2.28. The van der Waals surface area contributed by atoms with E-state index in [1.165, 1.54) is 5.56 Å². The summed E-state index contributed by atoms with van der Waals surface area (Å²) < 4.78 is 7.95. The maximum Gasteiger partial charge on any atom is 0.259 e. The van der Waals surface area contributed by atoms with Crippen molar-refractivity contribution in [2.75, 3.05) is 24.2 Å². The number of carbonyl (C=O) groups excluding carboxylic acids is 1. The first-order valence-electron chi connectivity index (χ1n) is 11.5. The number of anilines is 2. The molecule has 1 aliphatic rings. The van der Waals surface area contributed by atoms with Crippen LogP contribution >= 0.6 is 0 Å². The van der Waals surface area contributed by atoms with Gasteiger partial charge in [-0.2, -0.15) is 5.10 Å². The van der Waals surface area contributed by atoms with E-state index in [1.807, 2.05) is 25.4 Å². The van der Waals surface area contributed by atoms with Gasteiger partial charge in [-0.1, -0.05) is 32.0 Å². The van der Waals surface area contributed by atoms with Gasteiger partial charge in [-0.05, 0) is 42.5 Å². The van der Waals surface area contributed by atoms with Gasteiger partial charge in [0, 0.05) is 37.9 Å². The van der Waals surface area contributed by atoms with Crippen molar-refractivity contribution in [2.24, 2.45) is 7.05 Å². The molecular formula is C25H32N6O2. The molecule has 0 radical (unpaired) electrons. The summed E-state index contributed by atoms with van der Waals surface area (Å²) in [6.45, 7) is 5.78. The van der Waals surface area contributed by atoms with Crippen LogP contribution in [0.3, 0.4) is 0 Å². The molecule has 4 N–H and O–H groups in total. The standard InChI is InChI=1S/C25H32N6O2/c1-4-16(2)19-8-5-6-10-22(19)33-15-18-12-17(13-28-18)23-21(14-31(3)30-23)29-25(32)20-9-7-11-27-24(20)26/h5-11,14,16-18,28H,4,12-13,15H2,1-3H3,(H2,26,27)(H,29,32)/t16?,17-,18-/m0/s1. The molecule has 1 aliphatic heterocycles. The summed E-state index contributed by atoms with van der Waals surface area (Å²) in [4.78, 5) is 16.7. The molecule has 174 valence electrons. The van der Waals surface area contributed by atoms with Gasteiger partial charge in [-0.25, -0.2) is 4.98 Å². The maximum absolute atomic E-state index is 12.7. The fourth-order valence-electron chi connectivity index (χ4n) is 4.29. The highest BCUT2D eigenvalue weighted by Gasteiger charge is 2.30. The summed E-state index contributed by atoms with van der Waals surface area (Å²) in [6, 6.07) is 11.8. The number of nitrogens with two attached hydrogens (primary N) is 1. The molecule has 33 heavy (non-hydrogen) atoms. The number of hydrogen-bond donors (Lipinski definition) is 3. The first-order chi connectivity index (χ1) is 16.0. The van der Waals surface area contributed by atoms with Crippen molar-refractivity contribution in [3.05, 3.63) is 65.6 Å². The summed E-state index contributed by atoms with van der Waals surface area (Å²) in [5.41, 5.74) is 9.02. The number of aromatic nitrogens is 3. The number of benzene rings is 1. The summed E-state index contributed by atoms with van der Waals surface area (Å²) in [5, 5.41) is 11.2. The Morgan fingerprint density at radius 1 is 1.33 bits per heavy atom. The van der Waals surface area contributed by atoms with Gasteiger partial charge in [0.15, 0.2) is 0 Å². The Bertz CT molecular complexity index is 1110. The van der Waals surface area contributed by atoms with Crippen LogP contribution in [-0.4, -0.2) is 39.9 Å². The van der Waals surface area contributed by atoms with E-state index < -0.39 is 0 Å². The van der Waals surface area contributed by atoms with Gasteiger partial charge < -0.3 is 21.1 Å². The number of nitrogen functional groups attached to an aromatic ring is 1. The Morgan fingerprint density at radius 3 is 2.94 bits per heavy atom. The minimum absolute atomic E-state index is 0.172. The minimum Gasteiger partial charge on any atom is -0.492 e. The quantitative estimate of drug-likeness (QED) is 0.485. The Kier molecular flexibility index (Phi) is 6.93. The van der Waals surface area contributed by atoms with Crippen LogP contribution in [0.2, 0.25) is 0 Å². The molecule has 1 saturated heterocycles. The summed E-state index contributed by atoms with van der Waals surface area (Å²) in [6.07, 6.45) is 5.34. The molecule has 0 bridgehead atoms. The normalized spacial score (nSPS) is 18.8. The van der Waals surface area contributed by atoms with E-state index in [0.29, 0.717) is 23.8 Å². The number of pyridine rings is 1. The summed E-state index contributed by atoms with van der Waals surface area (Å²) in [7, 11) is 1.85. The van der Waals surface area contributed by atoms with Crippen molar-refractivity contribution in [1.82, 2.24) is 20.1 Å². The lowest BCUT2D eigenvalue weighted by Gasteiger charge is -2.18. The van der Waals surface area contributed by atoms with Crippen molar-refractivity contribution < 1.29 is 9.53 Å². The van der Waals surface area contributed by atoms with E-state index in [0.717, 1.165) is 30.8 Å². The molecule has 2 aromatic heterocycles. The van der Waals surface area contributed by atoms with Crippen LogP contribution in [0.4, 0.5) is 11.5 Å². The van der Waals surface area contributed by atoms with E-state index in [4.69, 9.17) is 10.5 Å².